The minimum atomic E-state index is -0.115. The average molecular weight is 350 g/mol. The summed E-state index contributed by atoms with van der Waals surface area (Å²) in [5.74, 6) is 1.76. The van der Waals surface area contributed by atoms with Crippen LogP contribution in [0.15, 0.2) is 42.6 Å². The lowest BCUT2D eigenvalue weighted by Crippen LogP contribution is -2.45. The number of hydrogen-bond donors (Lipinski definition) is 0. The average Bonchev–Trinajstić information content (AvgIpc) is 3.26. The van der Waals surface area contributed by atoms with Gasteiger partial charge in [0.05, 0.1) is 12.6 Å². The Bertz CT molecular complexity index is 927. The van der Waals surface area contributed by atoms with Crippen molar-refractivity contribution in [3.8, 4) is 11.4 Å². The third-order valence-electron chi connectivity index (χ3n) is 4.82. The number of nitrogens with zero attached hydrogens (tertiary/aromatic N) is 6. The van der Waals surface area contributed by atoms with Gasteiger partial charge in [-0.3, -0.25) is 9.48 Å². The van der Waals surface area contributed by atoms with Crippen LogP contribution in [0.4, 0.5) is 0 Å². The summed E-state index contributed by atoms with van der Waals surface area (Å²) in [5, 5.41) is 8.80. The van der Waals surface area contributed by atoms with Gasteiger partial charge in [-0.05, 0) is 12.0 Å². The van der Waals surface area contributed by atoms with Crippen molar-refractivity contribution >= 4 is 5.91 Å². The zero-order valence-corrected chi connectivity index (χ0v) is 15.2. The third-order valence-corrected chi connectivity index (χ3v) is 4.82. The lowest BCUT2D eigenvalue weighted by Gasteiger charge is -2.37. The number of amides is 1. The van der Waals surface area contributed by atoms with Crippen LogP contribution in [0.3, 0.4) is 0 Å². The van der Waals surface area contributed by atoms with Crippen LogP contribution in [0.2, 0.25) is 0 Å². The lowest BCUT2D eigenvalue weighted by molar-refractivity contribution is 0.0525. The lowest BCUT2D eigenvalue weighted by atomic mass is 9.99. The predicted molar refractivity (Wildman–Crippen MR) is 97.3 cm³/mol. The van der Waals surface area contributed by atoms with E-state index < -0.39 is 0 Å². The molecule has 7 nitrogen and oxygen atoms in total. The molecule has 0 radical (unpaired) electrons. The van der Waals surface area contributed by atoms with Crippen molar-refractivity contribution in [1.29, 1.82) is 0 Å². The van der Waals surface area contributed by atoms with Gasteiger partial charge in [0.15, 0.2) is 11.6 Å². The highest BCUT2D eigenvalue weighted by Gasteiger charge is 2.37. The number of rotatable bonds is 3. The summed E-state index contributed by atoms with van der Waals surface area (Å²) >= 11 is 0. The largest absolute Gasteiger partial charge is 0.325 e. The number of benzene rings is 1. The number of carbonyl (C=O) groups is 1. The second-order valence-corrected chi connectivity index (χ2v) is 6.91. The van der Waals surface area contributed by atoms with E-state index in [1.54, 1.807) is 24.0 Å². The van der Waals surface area contributed by atoms with Gasteiger partial charge in [-0.25, -0.2) is 9.67 Å². The summed E-state index contributed by atoms with van der Waals surface area (Å²) in [6.07, 6.45) is 1.65. The smallest absolute Gasteiger partial charge is 0.272 e. The molecule has 0 unspecified atom stereocenters. The van der Waals surface area contributed by atoms with Crippen LogP contribution in [0, 0.1) is 5.92 Å². The van der Waals surface area contributed by atoms with Gasteiger partial charge >= 0.3 is 0 Å². The molecule has 3 heterocycles. The van der Waals surface area contributed by atoms with Crippen molar-refractivity contribution < 1.29 is 4.79 Å². The van der Waals surface area contributed by atoms with Crippen LogP contribution >= 0.6 is 0 Å². The SMILES string of the molecule is CC(C)[C@H]1c2nc(-c3ccccc3)nn2CCN1C(=O)c1ccnn1C. The van der Waals surface area contributed by atoms with Gasteiger partial charge in [0.2, 0.25) is 0 Å². The Labute approximate surface area is 152 Å². The van der Waals surface area contributed by atoms with Gasteiger partial charge in [0, 0.05) is 25.4 Å². The number of carbonyl (C=O) groups excluding carboxylic acids is 1. The van der Waals surface area contributed by atoms with E-state index in [2.05, 4.69) is 24.0 Å². The van der Waals surface area contributed by atoms with E-state index in [1.807, 2.05) is 39.9 Å². The molecule has 1 amide bonds. The maximum atomic E-state index is 13.1. The molecule has 3 aromatic rings. The highest BCUT2D eigenvalue weighted by atomic mass is 16.2. The first kappa shape index (κ1) is 16.5. The van der Waals surface area contributed by atoms with Gasteiger partial charge < -0.3 is 4.90 Å². The van der Waals surface area contributed by atoms with Gasteiger partial charge in [0.1, 0.15) is 5.69 Å². The van der Waals surface area contributed by atoms with Crippen molar-refractivity contribution in [2.24, 2.45) is 13.0 Å². The first-order valence-electron chi connectivity index (χ1n) is 8.85. The van der Waals surface area contributed by atoms with E-state index in [0.717, 1.165) is 11.4 Å². The summed E-state index contributed by atoms with van der Waals surface area (Å²) in [7, 11) is 1.79. The van der Waals surface area contributed by atoms with E-state index in [4.69, 9.17) is 4.98 Å². The zero-order valence-electron chi connectivity index (χ0n) is 15.2. The Balaban J connectivity index is 1.73. The Morgan fingerprint density at radius 2 is 1.92 bits per heavy atom. The third kappa shape index (κ3) is 2.69. The van der Waals surface area contributed by atoms with Crippen LogP contribution < -0.4 is 0 Å². The highest BCUT2D eigenvalue weighted by Crippen LogP contribution is 2.33. The van der Waals surface area contributed by atoms with E-state index in [9.17, 15) is 4.79 Å². The first-order chi connectivity index (χ1) is 12.6. The molecule has 0 spiro atoms. The molecule has 0 saturated heterocycles. The molecule has 134 valence electrons. The van der Waals surface area contributed by atoms with Crippen molar-refractivity contribution in [1.82, 2.24) is 29.4 Å². The van der Waals surface area contributed by atoms with Gasteiger partial charge in [-0.2, -0.15) is 10.2 Å². The fourth-order valence-electron chi connectivity index (χ4n) is 3.54. The fourth-order valence-corrected chi connectivity index (χ4v) is 3.54. The molecule has 1 aliphatic heterocycles. The van der Waals surface area contributed by atoms with E-state index in [-0.39, 0.29) is 17.9 Å². The van der Waals surface area contributed by atoms with Crippen LogP contribution in [-0.4, -0.2) is 41.9 Å². The second-order valence-electron chi connectivity index (χ2n) is 6.91. The van der Waals surface area contributed by atoms with Gasteiger partial charge in [0.25, 0.3) is 5.91 Å². The standard InChI is InChI=1S/C19H22N6O/c1-13(2)16-18-21-17(14-7-5-4-6-8-14)22-25(18)12-11-24(16)19(26)15-9-10-20-23(15)3/h4-10,13,16H,11-12H2,1-3H3/t16-/m0/s1. The Kier molecular flexibility index (Phi) is 4.06. The summed E-state index contributed by atoms with van der Waals surface area (Å²) < 4.78 is 3.56. The van der Waals surface area contributed by atoms with Crippen LogP contribution in [0.5, 0.6) is 0 Å². The van der Waals surface area contributed by atoms with E-state index in [0.29, 0.717) is 24.6 Å². The quantitative estimate of drug-likeness (QED) is 0.728. The molecule has 1 aliphatic rings. The van der Waals surface area contributed by atoms with Crippen molar-refractivity contribution in [2.75, 3.05) is 6.54 Å². The normalized spacial score (nSPS) is 16.8. The molecule has 2 aromatic heterocycles. The van der Waals surface area contributed by atoms with Crippen LogP contribution in [0.25, 0.3) is 11.4 Å². The number of hydrogen-bond acceptors (Lipinski definition) is 4. The maximum absolute atomic E-state index is 13.1. The van der Waals surface area contributed by atoms with E-state index in [1.165, 1.54) is 0 Å². The molecule has 4 rings (SSSR count). The Morgan fingerprint density at radius 1 is 1.15 bits per heavy atom. The molecule has 26 heavy (non-hydrogen) atoms. The van der Waals surface area contributed by atoms with Crippen LogP contribution in [0.1, 0.15) is 36.2 Å². The summed E-state index contributed by atoms with van der Waals surface area (Å²) in [5.41, 5.74) is 1.58. The monoisotopic (exact) mass is 350 g/mol. The number of aromatic nitrogens is 5. The van der Waals surface area contributed by atoms with Crippen molar-refractivity contribution in [3.63, 3.8) is 0 Å². The second kappa shape index (κ2) is 6.40. The highest BCUT2D eigenvalue weighted by molar-refractivity contribution is 5.92. The predicted octanol–water partition coefficient (Wildman–Crippen LogP) is 2.53. The molecule has 1 atom stereocenters. The molecule has 0 N–H and O–H groups in total. The molecule has 0 saturated carbocycles. The van der Waals surface area contributed by atoms with Gasteiger partial charge in [-0.15, -0.1) is 0 Å². The van der Waals surface area contributed by atoms with Gasteiger partial charge in [-0.1, -0.05) is 44.2 Å². The molecule has 7 heteroatoms. The first-order valence-corrected chi connectivity index (χ1v) is 8.85. The summed E-state index contributed by atoms with van der Waals surface area (Å²) in [6.45, 7) is 5.47. The molecule has 0 aliphatic carbocycles. The molecule has 0 bridgehead atoms. The minimum absolute atomic E-state index is 0.0146. The fraction of sp³-hybridized carbons (Fsp3) is 0.368. The number of fused-ring (bicyclic) bond motifs is 1. The molecular weight excluding hydrogens is 328 g/mol. The molecule has 1 aromatic carbocycles. The Morgan fingerprint density at radius 3 is 2.58 bits per heavy atom. The molecular formula is C19H22N6O. The number of aryl methyl sites for hydroxylation is 1. The maximum Gasteiger partial charge on any atom is 0.272 e. The summed E-state index contributed by atoms with van der Waals surface area (Å²) in [6, 6.07) is 11.6. The van der Waals surface area contributed by atoms with Crippen molar-refractivity contribution in [3.05, 3.63) is 54.1 Å². The summed E-state index contributed by atoms with van der Waals surface area (Å²) in [4.78, 5) is 19.8. The molecule has 0 fully saturated rings. The van der Waals surface area contributed by atoms with Crippen LogP contribution in [-0.2, 0) is 13.6 Å². The minimum Gasteiger partial charge on any atom is -0.325 e. The zero-order chi connectivity index (χ0) is 18.3. The van der Waals surface area contributed by atoms with E-state index >= 15 is 0 Å². The van der Waals surface area contributed by atoms with Crippen molar-refractivity contribution in [2.45, 2.75) is 26.4 Å². The Hall–Kier alpha value is -2.96. The topological polar surface area (TPSA) is 68.8 Å².